The lowest BCUT2D eigenvalue weighted by molar-refractivity contribution is 0.0526. The Labute approximate surface area is 169 Å². The number of ether oxygens (including phenoxy) is 1. The van der Waals surface area contributed by atoms with Gasteiger partial charge >= 0.3 is 5.97 Å². The van der Waals surface area contributed by atoms with E-state index in [-0.39, 0.29) is 5.97 Å². The van der Waals surface area contributed by atoms with Crippen LogP contribution in [0.4, 0.5) is 11.5 Å². The zero-order valence-corrected chi connectivity index (χ0v) is 16.3. The van der Waals surface area contributed by atoms with Crippen LogP contribution in [0, 0.1) is 6.92 Å². The van der Waals surface area contributed by atoms with Gasteiger partial charge in [0, 0.05) is 22.0 Å². The summed E-state index contributed by atoms with van der Waals surface area (Å²) in [5.41, 5.74) is 4.32. The van der Waals surface area contributed by atoms with Gasteiger partial charge in [-0.3, -0.25) is 0 Å². The second kappa shape index (κ2) is 8.10. The lowest BCUT2D eigenvalue weighted by Gasteiger charge is -2.12. The number of aromatic nitrogens is 2. The highest BCUT2D eigenvalue weighted by atomic mass is 16.5. The minimum absolute atomic E-state index is 0.326. The third-order valence-corrected chi connectivity index (χ3v) is 4.64. The Balaban J connectivity index is 1.72. The van der Waals surface area contributed by atoms with E-state index in [9.17, 15) is 4.79 Å². The zero-order valence-electron chi connectivity index (χ0n) is 16.3. The first-order valence-electron chi connectivity index (χ1n) is 9.52. The van der Waals surface area contributed by atoms with E-state index in [1.54, 1.807) is 19.1 Å². The maximum atomic E-state index is 11.9. The van der Waals surface area contributed by atoms with Crippen LogP contribution in [0.25, 0.3) is 22.0 Å². The topological polar surface area (TPSA) is 64.1 Å². The molecule has 0 atom stereocenters. The third-order valence-electron chi connectivity index (χ3n) is 4.64. The molecule has 0 radical (unpaired) electrons. The standard InChI is InChI=1S/C24H21N3O2/c1-3-29-24(28)18-13-11-17(12-14-18)22-20-9-4-5-10-21(20)23(27-26-22)25-19-8-6-7-16(2)15-19/h4-15H,3H2,1-2H3,(H,25,27). The van der Waals surface area contributed by atoms with Crippen LogP contribution in [-0.2, 0) is 4.74 Å². The molecule has 0 aliphatic rings. The van der Waals surface area contributed by atoms with Crippen molar-refractivity contribution in [3.05, 3.63) is 83.9 Å². The molecule has 0 bridgehead atoms. The van der Waals surface area contributed by atoms with E-state index >= 15 is 0 Å². The molecule has 4 aromatic rings. The number of fused-ring (bicyclic) bond motifs is 1. The Morgan fingerprint density at radius 1 is 0.931 bits per heavy atom. The average Bonchev–Trinajstić information content (AvgIpc) is 2.74. The molecule has 0 unspecified atom stereocenters. The third kappa shape index (κ3) is 3.94. The molecule has 5 heteroatoms. The minimum Gasteiger partial charge on any atom is -0.462 e. The fourth-order valence-corrected chi connectivity index (χ4v) is 3.25. The van der Waals surface area contributed by atoms with Gasteiger partial charge in [0.25, 0.3) is 0 Å². The number of hydrogen-bond donors (Lipinski definition) is 1. The van der Waals surface area contributed by atoms with Gasteiger partial charge in [0.2, 0.25) is 0 Å². The first kappa shape index (κ1) is 18.6. The second-order valence-electron chi connectivity index (χ2n) is 6.74. The molecule has 1 N–H and O–H groups in total. The Morgan fingerprint density at radius 2 is 1.69 bits per heavy atom. The molecule has 0 aliphatic carbocycles. The predicted molar refractivity (Wildman–Crippen MR) is 115 cm³/mol. The van der Waals surface area contributed by atoms with Crippen molar-refractivity contribution in [2.24, 2.45) is 0 Å². The molecule has 144 valence electrons. The molecule has 0 saturated carbocycles. The molecule has 0 spiro atoms. The van der Waals surface area contributed by atoms with Crippen molar-refractivity contribution in [1.82, 2.24) is 10.2 Å². The monoisotopic (exact) mass is 383 g/mol. The summed E-state index contributed by atoms with van der Waals surface area (Å²) >= 11 is 0. The molecule has 1 aromatic heterocycles. The van der Waals surface area contributed by atoms with E-state index in [4.69, 9.17) is 4.74 Å². The number of carbonyl (C=O) groups is 1. The maximum Gasteiger partial charge on any atom is 0.338 e. The SMILES string of the molecule is CCOC(=O)c1ccc(-c2nnc(Nc3cccc(C)c3)c3ccccc23)cc1. The summed E-state index contributed by atoms with van der Waals surface area (Å²) in [4.78, 5) is 11.9. The normalized spacial score (nSPS) is 10.7. The number of nitrogens with one attached hydrogen (secondary N) is 1. The Bertz CT molecular complexity index is 1170. The Kier molecular flexibility index (Phi) is 5.20. The van der Waals surface area contributed by atoms with Gasteiger partial charge in [-0.15, -0.1) is 10.2 Å². The fourth-order valence-electron chi connectivity index (χ4n) is 3.25. The molecule has 4 rings (SSSR count). The highest BCUT2D eigenvalue weighted by molar-refractivity contribution is 6.01. The first-order chi connectivity index (χ1) is 14.2. The zero-order chi connectivity index (χ0) is 20.2. The molecule has 0 fully saturated rings. The Hall–Kier alpha value is -3.73. The summed E-state index contributed by atoms with van der Waals surface area (Å²) in [5.74, 6) is 0.380. The maximum absolute atomic E-state index is 11.9. The molecule has 3 aromatic carbocycles. The number of aryl methyl sites for hydroxylation is 1. The number of hydrogen-bond acceptors (Lipinski definition) is 5. The van der Waals surface area contributed by atoms with Gasteiger partial charge in [-0.05, 0) is 43.7 Å². The summed E-state index contributed by atoms with van der Waals surface area (Å²) in [5, 5.41) is 14.3. The largest absolute Gasteiger partial charge is 0.462 e. The fraction of sp³-hybridized carbons (Fsp3) is 0.125. The number of benzene rings is 3. The van der Waals surface area contributed by atoms with Gasteiger partial charge in [0.1, 0.15) is 5.69 Å². The van der Waals surface area contributed by atoms with Crippen molar-refractivity contribution in [3.63, 3.8) is 0 Å². The van der Waals surface area contributed by atoms with Crippen LogP contribution >= 0.6 is 0 Å². The van der Waals surface area contributed by atoms with Crippen LogP contribution in [0.2, 0.25) is 0 Å². The van der Waals surface area contributed by atoms with Crippen molar-refractivity contribution in [2.45, 2.75) is 13.8 Å². The van der Waals surface area contributed by atoms with Crippen LogP contribution in [0.1, 0.15) is 22.8 Å². The molecule has 29 heavy (non-hydrogen) atoms. The lowest BCUT2D eigenvalue weighted by Crippen LogP contribution is -2.04. The second-order valence-corrected chi connectivity index (χ2v) is 6.74. The van der Waals surface area contributed by atoms with Gasteiger partial charge in [-0.25, -0.2) is 4.79 Å². The van der Waals surface area contributed by atoms with E-state index in [1.807, 2.05) is 48.5 Å². The molecular weight excluding hydrogens is 362 g/mol. The summed E-state index contributed by atoms with van der Waals surface area (Å²) in [7, 11) is 0. The summed E-state index contributed by atoms with van der Waals surface area (Å²) in [6, 6.07) is 23.4. The van der Waals surface area contributed by atoms with Crippen molar-refractivity contribution < 1.29 is 9.53 Å². The smallest absolute Gasteiger partial charge is 0.338 e. The van der Waals surface area contributed by atoms with E-state index in [2.05, 4.69) is 34.6 Å². The number of esters is 1. The molecule has 5 nitrogen and oxygen atoms in total. The van der Waals surface area contributed by atoms with E-state index in [0.29, 0.717) is 18.0 Å². The molecule has 1 heterocycles. The van der Waals surface area contributed by atoms with Crippen LogP contribution in [0.15, 0.2) is 72.8 Å². The lowest BCUT2D eigenvalue weighted by atomic mass is 10.0. The average molecular weight is 383 g/mol. The number of anilines is 2. The van der Waals surface area contributed by atoms with Gasteiger partial charge < -0.3 is 10.1 Å². The van der Waals surface area contributed by atoms with E-state index in [0.717, 1.165) is 27.7 Å². The summed E-state index contributed by atoms with van der Waals surface area (Å²) in [6.07, 6.45) is 0. The highest BCUT2D eigenvalue weighted by Gasteiger charge is 2.12. The molecular formula is C24H21N3O2. The van der Waals surface area contributed by atoms with E-state index < -0.39 is 0 Å². The van der Waals surface area contributed by atoms with Crippen molar-refractivity contribution in [1.29, 1.82) is 0 Å². The van der Waals surface area contributed by atoms with Crippen LogP contribution in [0.5, 0.6) is 0 Å². The van der Waals surface area contributed by atoms with Crippen LogP contribution in [-0.4, -0.2) is 22.8 Å². The van der Waals surface area contributed by atoms with Gasteiger partial charge in [-0.1, -0.05) is 48.5 Å². The Morgan fingerprint density at radius 3 is 2.41 bits per heavy atom. The molecule has 0 aliphatic heterocycles. The quantitative estimate of drug-likeness (QED) is 0.459. The summed E-state index contributed by atoms with van der Waals surface area (Å²) in [6.45, 7) is 4.20. The van der Waals surface area contributed by atoms with Crippen LogP contribution < -0.4 is 5.32 Å². The molecule has 0 amide bonds. The number of carbonyl (C=O) groups excluding carboxylic acids is 1. The van der Waals surface area contributed by atoms with E-state index in [1.165, 1.54) is 5.56 Å². The van der Waals surface area contributed by atoms with Crippen molar-refractivity contribution in [2.75, 3.05) is 11.9 Å². The summed E-state index contributed by atoms with van der Waals surface area (Å²) < 4.78 is 5.05. The van der Waals surface area contributed by atoms with Crippen LogP contribution in [0.3, 0.4) is 0 Å². The minimum atomic E-state index is -0.326. The van der Waals surface area contributed by atoms with Crippen molar-refractivity contribution >= 4 is 28.2 Å². The predicted octanol–water partition coefficient (Wildman–Crippen LogP) is 5.53. The van der Waals surface area contributed by atoms with Gasteiger partial charge in [-0.2, -0.15) is 0 Å². The first-order valence-corrected chi connectivity index (χ1v) is 9.52. The number of nitrogens with zero attached hydrogens (tertiary/aromatic N) is 2. The number of rotatable bonds is 5. The molecule has 0 saturated heterocycles. The van der Waals surface area contributed by atoms with Gasteiger partial charge in [0.05, 0.1) is 12.2 Å². The van der Waals surface area contributed by atoms with Gasteiger partial charge in [0.15, 0.2) is 5.82 Å². The highest BCUT2D eigenvalue weighted by Crippen LogP contribution is 2.31. The van der Waals surface area contributed by atoms with Crippen molar-refractivity contribution in [3.8, 4) is 11.3 Å².